The molecule has 4 aliphatic heterocycles. The highest BCUT2D eigenvalue weighted by atomic mass is 19.1. The number of hydrogen-bond acceptors (Lipinski definition) is 8. The zero-order valence-corrected chi connectivity index (χ0v) is 23.7. The lowest BCUT2D eigenvalue weighted by molar-refractivity contribution is 0.0302. The molecule has 2 aromatic heterocycles. The van der Waals surface area contributed by atoms with E-state index in [1.807, 2.05) is 4.90 Å². The molecule has 0 spiro atoms. The van der Waals surface area contributed by atoms with Gasteiger partial charge in [-0.25, -0.2) is 13.2 Å². The Labute approximate surface area is 254 Å². The minimum Gasteiger partial charge on any atom is -0.508 e. The van der Waals surface area contributed by atoms with Crippen molar-refractivity contribution in [1.82, 2.24) is 19.9 Å². The summed E-state index contributed by atoms with van der Waals surface area (Å²) in [6.45, 7) is -0.786. The molecule has 2 unspecified atom stereocenters. The number of terminal acetylenes is 1. The van der Waals surface area contributed by atoms with Crippen molar-refractivity contribution in [3.05, 3.63) is 47.7 Å². The number of nitrogens with zero attached hydrogens (tertiary/aromatic N) is 5. The van der Waals surface area contributed by atoms with Crippen LogP contribution in [0.4, 0.5) is 19.0 Å². The van der Waals surface area contributed by atoms with Gasteiger partial charge in [-0.3, -0.25) is 9.88 Å². The third-order valence-electron chi connectivity index (χ3n) is 9.37. The standard InChI is InChI=1S/C33H30F3N5O3/c1-2-23-26(35)7-4-18-10-20(42)11-24(27(18)23)29-28(36)30-25(13-37-29)31(40-15-21-5-6-22(16-40)44-21)39-32(38-30)43-17-33-8-3-9-41(33)14-19(34)12-33/h1,4,7,10-11,13,19,21-22,42H,3,5-6,8-9,12,14-17H2/t19-,21?,22?,33+/m1/s1/i17D2. The second-order valence-corrected chi connectivity index (χ2v) is 12.1. The van der Waals surface area contributed by atoms with E-state index in [1.54, 1.807) is 4.90 Å². The van der Waals surface area contributed by atoms with E-state index < -0.39 is 35.9 Å². The lowest BCUT2D eigenvalue weighted by atomic mass is 9.95. The summed E-state index contributed by atoms with van der Waals surface area (Å²) in [6.07, 6.45) is 8.57. The highest BCUT2D eigenvalue weighted by molar-refractivity contribution is 6.03. The van der Waals surface area contributed by atoms with E-state index in [0.29, 0.717) is 43.7 Å². The average molecular weight is 604 g/mol. The van der Waals surface area contributed by atoms with E-state index in [0.717, 1.165) is 12.8 Å². The molecule has 4 aromatic rings. The number of phenolic OH excluding ortho intramolecular Hbond substituents is 1. The van der Waals surface area contributed by atoms with E-state index in [-0.39, 0.29) is 64.0 Å². The number of anilines is 1. The molecule has 4 saturated heterocycles. The summed E-state index contributed by atoms with van der Waals surface area (Å²) in [4.78, 5) is 17.2. The van der Waals surface area contributed by atoms with Crippen molar-refractivity contribution in [2.24, 2.45) is 0 Å². The van der Waals surface area contributed by atoms with E-state index in [4.69, 9.17) is 18.6 Å². The Kier molecular flexibility index (Phi) is 5.85. The molecule has 226 valence electrons. The Morgan fingerprint density at radius 3 is 2.80 bits per heavy atom. The van der Waals surface area contributed by atoms with Crippen molar-refractivity contribution in [2.45, 2.75) is 56.0 Å². The number of fused-ring (bicyclic) bond motifs is 5. The second-order valence-electron chi connectivity index (χ2n) is 12.1. The van der Waals surface area contributed by atoms with Gasteiger partial charge in [-0.2, -0.15) is 9.97 Å². The predicted molar refractivity (Wildman–Crippen MR) is 158 cm³/mol. The largest absolute Gasteiger partial charge is 0.508 e. The number of morpholine rings is 1. The van der Waals surface area contributed by atoms with Crippen molar-refractivity contribution in [3.63, 3.8) is 0 Å². The van der Waals surface area contributed by atoms with Crippen molar-refractivity contribution < 1.29 is 30.5 Å². The first-order valence-corrected chi connectivity index (χ1v) is 14.8. The monoisotopic (exact) mass is 603 g/mol. The zero-order chi connectivity index (χ0) is 32.0. The molecular weight excluding hydrogens is 571 g/mol. The number of halogens is 3. The van der Waals surface area contributed by atoms with Crippen molar-refractivity contribution in [2.75, 3.05) is 37.6 Å². The highest BCUT2D eigenvalue weighted by Gasteiger charge is 2.49. The van der Waals surface area contributed by atoms with Gasteiger partial charge in [-0.15, -0.1) is 6.42 Å². The predicted octanol–water partition coefficient (Wildman–Crippen LogP) is 5.13. The van der Waals surface area contributed by atoms with Gasteiger partial charge in [0.05, 0.1) is 31.4 Å². The Hall–Kier alpha value is -4.14. The number of ether oxygens (including phenoxy) is 2. The first-order valence-electron chi connectivity index (χ1n) is 15.8. The maximum Gasteiger partial charge on any atom is 0.319 e. The molecule has 2 bridgehead atoms. The number of hydrogen-bond donors (Lipinski definition) is 1. The summed E-state index contributed by atoms with van der Waals surface area (Å²) in [5.74, 6) is 0.838. The van der Waals surface area contributed by atoms with Gasteiger partial charge in [0.1, 0.15) is 41.3 Å². The van der Waals surface area contributed by atoms with E-state index >= 15 is 4.39 Å². The molecule has 0 saturated carbocycles. The molecule has 8 rings (SSSR count). The lowest BCUT2D eigenvalue weighted by Gasteiger charge is -2.34. The summed E-state index contributed by atoms with van der Waals surface area (Å²) >= 11 is 0. The smallest absolute Gasteiger partial charge is 0.319 e. The molecule has 1 N–H and O–H groups in total. The lowest BCUT2D eigenvalue weighted by Crippen LogP contribution is -2.44. The van der Waals surface area contributed by atoms with Crippen molar-refractivity contribution in [1.29, 1.82) is 0 Å². The minimum atomic E-state index is -2.40. The van der Waals surface area contributed by atoms with Gasteiger partial charge in [0.2, 0.25) is 0 Å². The average Bonchev–Trinajstić information content (AvgIpc) is 3.68. The fraction of sp³-hybridized carbons (Fsp3) is 0.424. The molecule has 6 heterocycles. The van der Waals surface area contributed by atoms with Crippen LogP contribution in [0.25, 0.3) is 32.9 Å². The Bertz CT molecular complexity index is 1950. The van der Waals surface area contributed by atoms with Crippen LogP contribution in [0.1, 0.15) is 40.4 Å². The zero-order valence-electron chi connectivity index (χ0n) is 25.7. The molecule has 44 heavy (non-hydrogen) atoms. The second kappa shape index (κ2) is 10.2. The van der Waals surface area contributed by atoms with Gasteiger partial charge in [0.15, 0.2) is 5.82 Å². The minimum absolute atomic E-state index is 0.0334. The highest BCUT2D eigenvalue weighted by Crippen LogP contribution is 2.42. The Morgan fingerprint density at radius 2 is 2.00 bits per heavy atom. The van der Waals surface area contributed by atoms with E-state index in [1.165, 1.54) is 30.5 Å². The van der Waals surface area contributed by atoms with Crippen molar-refractivity contribution >= 4 is 27.5 Å². The normalized spacial score (nSPS) is 27.4. The van der Waals surface area contributed by atoms with Gasteiger partial charge >= 0.3 is 6.01 Å². The van der Waals surface area contributed by atoms with Crippen LogP contribution in [0.5, 0.6) is 11.8 Å². The molecule has 8 nitrogen and oxygen atoms in total. The Morgan fingerprint density at radius 1 is 1.18 bits per heavy atom. The van der Waals surface area contributed by atoms with Gasteiger partial charge in [-0.1, -0.05) is 12.0 Å². The molecule has 0 aliphatic carbocycles. The topological polar surface area (TPSA) is 83.8 Å². The third kappa shape index (κ3) is 4.34. The van der Waals surface area contributed by atoms with Gasteiger partial charge < -0.3 is 19.5 Å². The number of phenols is 1. The third-order valence-corrected chi connectivity index (χ3v) is 9.37. The number of aromatic hydroxyl groups is 1. The first kappa shape index (κ1) is 25.2. The molecule has 4 fully saturated rings. The van der Waals surface area contributed by atoms with Gasteiger partial charge in [0.25, 0.3) is 0 Å². The van der Waals surface area contributed by atoms with Crippen LogP contribution in [-0.4, -0.2) is 81.6 Å². The van der Waals surface area contributed by atoms with Crippen LogP contribution in [0.3, 0.4) is 0 Å². The van der Waals surface area contributed by atoms with Crippen LogP contribution >= 0.6 is 0 Å². The molecule has 0 amide bonds. The summed E-state index contributed by atoms with van der Waals surface area (Å²) in [5, 5.41) is 11.4. The summed E-state index contributed by atoms with van der Waals surface area (Å²) in [6, 6.07) is 4.88. The fourth-order valence-electron chi connectivity index (χ4n) is 7.44. The number of rotatable bonds is 5. The number of pyridine rings is 1. The molecule has 4 aliphatic rings. The summed E-state index contributed by atoms with van der Waals surface area (Å²) < 4.78 is 76.2. The quantitative estimate of drug-likeness (QED) is 0.315. The molecule has 0 radical (unpaired) electrons. The van der Waals surface area contributed by atoms with Crippen LogP contribution in [0.2, 0.25) is 0 Å². The summed E-state index contributed by atoms with van der Waals surface area (Å²) in [5.41, 5.74) is -1.70. The van der Waals surface area contributed by atoms with Crippen LogP contribution in [0, 0.1) is 24.0 Å². The number of alkyl halides is 1. The molecule has 2 aromatic carbocycles. The molecule has 4 atom stereocenters. The van der Waals surface area contributed by atoms with Crippen LogP contribution in [0.15, 0.2) is 30.5 Å². The van der Waals surface area contributed by atoms with E-state index in [9.17, 15) is 13.9 Å². The maximum atomic E-state index is 16.8. The van der Waals surface area contributed by atoms with Crippen LogP contribution in [-0.2, 0) is 4.74 Å². The molecule has 11 heteroatoms. The van der Waals surface area contributed by atoms with Crippen LogP contribution < -0.4 is 9.64 Å². The SMILES string of the molecule is [2H]C([2H])(Oc1nc(N2CC3CCC(C2)O3)c2cnc(-c3cc(O)cc4ccc(F)c(C#C)c34)c(F)c2n1)[C@@]12CCCN1C[C@H](F)C2. The maximum absolute atomic E-state index is 16.8. The Balaban J connectivity index is 1.31. The summed E-state index contributed by atoms with van der Waals surface area (Å²) in [7, 11) is 0. The first-order chi connectivity index (χ1) is 22.1. The van der Waals surface area contributed by atoms with Gasteiger partial charge in [-0.05, 0) is 55.8 Å². The van der Waals surface area contributed by atoms with Crippen molar-refractivity contribution in [3.8, 4) is 35.4 Å². The van der Waals surface area contributed by atoms with Gasteiger partial charge in [0, 0.05) is 43.2 Å². The number of benzene rings is 2. The van der Waals surface area contributed by atoms with E-state index in [2.05, 4.69) is 20.9 Å². The fourth-order valence-corrected chi connectivity index (χ4v) is 7.44. The molecular formula is C33H30F3N5O3. The number of aromatic nitrogens is 3.